The Kier molecular flexibility index (Phi) is 2.62. The Morgan fingerprint density at radius 1 is 1.21 bits per heavy atom. The largest absolute Gasteiger partial charge is 0.458 e. The molecular formula is C12H18O2. The van der Waals surface area contributed by atoms with Crippen molar-refractivity contribution < 1.29 is 9.53 Å². The van der Waals surface area contributed by atoms with Gasteiger partial charge in [-0.2, -0.15) is 0 Å². The number of hydrogen-bond donors (Lipinski definition) is 0. The Morgan fingerprint density at radius 2 is 1.79 bits per heavy atom. The third-order valence-corrected chi connectivity index (χ3v) is 3.58. The molecule has 14 heavy (non-hydrogen) atoms. The number of rotatable bonds is 2. The summed E-state index contributed by atoms with van der Waals surface area (Å²) in [6.07, 6.45) is 6.50. The van der Waals surface area contributed by atoms with Crippen LogP contribution in [0.5, 0.6) is 0 Å². The highest BCUT2D eigenvalue weighted by atomic mass is 16.5. The van der Waals surface area contributed by atoms with E-state index < -0.39 is 0 Å². The first-order valence-electron chi connectivity index (χ1n) is 5.55. The lowest BCUT2D eigenvalue weighted by molar-refractivity contribution is -0.149. The number of fused-ring (bicyclic) bond motifs is 2. The molecule has 2 rings (SSSR count). The van der Waals surface area contributed by atoms with Crippen LogP contribution in [-0.2, 0) is 9.53 Å². The van der Waals surface area contributed by atoms with Crippen molar-refractivity contribution in [1.29, 1.82) is 0 Å². The molecule has 0 spiro atoms. The number of hydrogen-bond acceptors (Lipinski definition) is 2. The molecular weight excluding hydrogens is 176 g/mol. The van der Waals surface area contributed by atoms with E-state index in [-0.39, 0.29) is 12.1 Å². The number of ether oxygens (including phenoxy) is 1. The Morgan fingerprint density at radius 3 is 2.29 bits per heavy atom. The number of carbonyl (C=O) groups is 1. The van der Waals surface area contributed by atoms with Gasteiger partial charge in [-0.05, 0) is 44.4 Å². The fourth-order valence-electron chi connectivity index (χ4n) is 2.82. The molecule has 0 saturated heterocycles. The van der Waals surface area contributed by atoms with Gasteiger partial charge in [-0.15, -0.1) is 0 Å². The zero-order chi connectivity index (χ0) is 10.1. The van der Waals surface area contributed by atoms with Crippen molar-refractivity contribution in [3.63, 3.8) is 0 Å². The summed E-state index contributed by atoms with van der Waals surface area (Å²) >= 11 is 0. The van der Waals surface area contributed by atoms with Crippen LogP contribution in [0, 0.1) is 11.8 Å². The van der Waals surface area contributed by atoms with Gasteiger partial charge in [-0.1, -0.05) is 13.0 Å². The van der Waals surface area contributed by atoms with Crippen LogP contribution in [-0.4, -0.2) is 12.1 Å². The summed E-state index contributed by atoms with van der Waals surface area (Å²) in [5.41, 5.74) is 0.523. The van der Waals surface area contributed by atoms with E-state index >= 15 is 0 Å². The second-order valence-electron chi connectivity index (χ2n) is 4.68. The summed E-state index contributed by atoms with van der Waals surface area (Å²) in [7, 11) is 0. The molecule has 0 heterocycles. The predicted molar refractivity (Wildman–Crippen MR) is 54.8 cm³/mol. The van der Waals surface area contributed by atoms with Crippen LogP contribution < -0.4 is 0 Å². The standard InChI is InChI=1S/C12H18O2/c1-8(2)12(13)14-11-9-4-3-5-10(11)7-6-9/h9-11H,1,3-7H2,2H3. The second-order valence-corrected chi connectivity index (χ2v) is 4.68. The molecule has 0 aliphatic heterocycles. The molecule has 2 aliphatic carbocycles. The maximum absolute atomic E-state index is 11.4. The van der Waals surface area contributed by atoms with Crippen LogP contribution >= 0.6 is 0 Å². The fourth-order valence-corrected chi connectivity index (χ4v) is 2.82. The minimum Gasteiger partial charge on any atom is -0.458 e. The van der Waals surface area contributed by atoms with Gasteiger partial charge in [0.15, 0.2) is 0 Å². The third-order valence-electron chi connectivity index (χ3n) is 3.58. The molecule has 0 radical (unpaired) electrons. The summed E-state index contributed by atoms with van der Waals surface area (Å²) in [6, 6.07) is 0. The molecule has 0 aromatic heterocycles. The van der Waals surface area contributed by atoms with Crippen LogP contribution in [0.2, 0.25) is 0 Å². The summed E-state index contributed by atoms with van der Waals surface area (Å²) in [6.45, 7) is 5.33. The fraction of sp³-hybridized carbons (Fsp3) is 0.750. The van der Waals surface area contributed by atoms with Crippen molar-refractivity contribution in [1.82, 2.24) is 0 Å². The Balaban J connectivity index is 1.98. The lowest BCUT2D eigenvalue weighted by atomic mass is 9.86. The highest BCUT2D eigenvalue weighted by molar-refractivity contribution is 5.87. The van der Waals surface area contributed by atoms with E-state index in [1.54, 1.807) is 6.92 Å². The maximum Gasteiger partial charge on any atom is 0.333 e. The van der Waals surface area contributed by atoms with E-state index in [2.05, 4.69) is 6.58 Å². The van der Waals surface area contributed by atoms with E-state index in [1.807, 2.05) is 0 Å². The minimum absolute atomic E-state index is 0.200. The zero-order valence-electron chi connectivity index (χ0n) is 8.79. The monoisotopic (exact) mass is 194 g/mol. The normalized spacial score (nSPS) is 35.4. The van der Waals surface area contributed by atoms with E-state index in [0.717, 1.165) is 0 Å². The van der Waals surface area contributed by atoms with E-state index in [4.69, 9.17) is 4.74 Å². The summed E-state index contributed by atoms with van der Waals surface area (Å²) < 4.78 is 5.50. The molecule has 2 aliphatic rings. The molecule has 2 heteroatoms. The Bertz CT molecular complexity index is 241. The molecule has 78 valence electrons. The molecule has 0 aromatic carbocycles. The number of carbonyl (C=O) groups excluding carboxylic acids is 1. The molecule has 0 amide bonds. The van der Waals surface area contributed by atoms with Crippen molar-refractivity contribution in [3.8, 4) is 0 Å². The highest BCUT2D eigenvalue weighted by Crippen LogP contribution is 2.44. The van der Waals surface area contributed by atoms with Crippen molar-refractivity contribution >= 4 is 5.97 Å². The molecule has 2 nitrogen and oxygen atoms in total. The number of esters is 1. The summed E-state index contributed by atoms with van der Waals surface area (Å²) in [5.74, 6) is 1.07. The van der Waals surface area contributed by atoms with Gasteiger partial charge in [0.25, 0.3) is 0 Å². The molecule has 2 saturated carbocycles. The smallest absolute Gasteiger partial charge is 0.333 e. The van der Waals surface area contributed by atoms with Crippen molar-refractivity contribution in [2.45, 2.75) is 45.1 Å². The van der Waals surface area contributed by atoms with E-state index in [9.17, 15) is 4.79 Å². The first kappa shape index (κ1) is 9.75. The van der Waals surface area contributed by atoms with Gasteiger partial charge in [-0.25, -0.2) is 4.79 Å². The van der Waals surface area contributed by atoms with Crippen LogP contribution in [0.15, 0.2) is 12.2 Å². The van der Waals surface area contributed by atoms with Gasteiger partial charge in [0, 0.05) is 5.57 Å². The van der Waals surface area contributed by atoms with Crippen molar-refractivity contribution in [2.75, 3.05) is 0 Å². The zero-order valence-corrected chi connectivity index (χ0v) is 8.79. The molecule has 2 fully saturated rings. The van der Waals surface area contributed by atoms with E-state index in [1.165, 1.54) is 32.1 Å². The summed E-state index contributed by atoms with van der Waals surface area (Å²) in [5, 5.41) is 0. The van der Waals surface area contributed by atoms with Gasteiger partial charge < -0.3 is 4.74 Å². The second kappa shape index (κ2) is 3.76. The van der Waals surface area contributed by atoms with Crippen molar-refractivity contribution in [2.24, 2.45) is 11.8 Å². The first-order valence-corrected chi connectivity index (χ1v) is 5.55. The molecule has 2 atom stereocenters. The third kappa shape index (κ3) is 1.70. The summed E-state index contributed by atoms with van der Waals surface area (Å²) in [4.78, 5) is 11.4. The molecule has 2 unspecified atom stereocenters. The molecule has 0 aromatic rings. The average molecular weight is 194 g/mol. The van der Waals surface area contributed by atoms with E-state index in [0.29, 0.717) is 17.4 Å². The molecule has 0 N–H and O–H groups in total. The van der Waals surface area contributed by atoms with Crippen molar-refractivity contribution in [3.05, 3.63) is 12.2 Å². The Labute approximate surface area is 85.3 Å². The van der Waals surface area contributed by atoms with Crippen LogP contribution in [0.3, 0.4) is 0 Å². The van der Waals surface area contributed by atoms with Gasteiger partial charge in [-0.3, -0.25) is 0 Å². The predicted octanol–water partition coefficient (Wildman–Crippen LogP) is 2.68. The van der Waals surface area contributed by atoms with Crippen LogP contribution in [0.1, 0.15) is 39.0 Å². The maximum atomic E-state index is 11.4. The minimum atomic E-state index is -0.200. The van der Waals surface area contributed by atoms with Gasteiger partial charge in [0.2, 0.25) is 0 Å². The van der Waals surface area contributed by atoms with Crippen LogP contribution in [0.25, 0.3) is 0 Å². The van der Waals surface area contributed by atoms with Gasteiger partial charge in [0.1, 0.15) is 6.10 Å². The first-order chi connectivity index (χ1) is 6.68. The lowest BCUT2D eigenvalue weighted by Crippen LogP contribution is -2.31. The highest BCUT2D eigenvalue weighted by Gasteiger charge is 2.41. The topological polar surface area (TPSA) is 26.3 Å². The Hall–Kier alpha value is -0.790. The quantitative estimate of drug-likeness (QED) is 0.499. The van der Waals surface area contributed by atoms with Crippen LogP contribution in [0.4, 0.5) is 0 Å². The van der Waals surface area contributed by atoms with Gasteiger partial charge >= 0.3 is 5.97 Å². The van der Waals surface area contributed by atoms with Gasteiger partial charge in [0.05, 0.1) is 0 Å². The average Bonchev–Trinajstić information content (AvgIpc) is 2.38. The SMILES string of the molecule is C=C(C)C(=O)OC1C2CCCC1CC2. The lowest BCUT2D eigenvalue weighted by Gasteiger charge is -2.29. The molecule has 2 bridgehead atoms.